The number of carbonyl (C=O) groups excluding carboxylic acids is 4. The van der Waals surface area contributed by atoms with Crippen molar-refractivity contribution in [3.63, 3.8) is 0 Å². The molecule has 4 heterocycles. The van der Waals surface area contributed by atoms with Gasteiger partial charge in [0.2, 0.25) is 17.7 Å². The molecule has 4 aromatic heterocycles. The Morgan fingerprint density at radius 1 is 0.432 bits per heavy atom. The summed E-state index contributed by atoms with van der Waals surface area (Å²) < 4.78 is 35.9. The molecule has 3 amide bonds. The van der Waals surface area contributed by atoms with Gasteiger partial charge in [-0.05, 0) is 258 Å². The summed E-state index contributed by atoms with van der Waals surface area (Å²) in [5, 5.41) is 20.6. The Labute approximate surface area is 848 Å². The van der Waals surface area contributed by atoms with Crippen molar-refractivity contribution in [1.82, 2.24) is 34.3 Å². The van der Waals surface area contributed by atoms with Crippen molar-refractivity contribution in [3.8, 4) is 0 Å². The van der Waals surface area contributed by atoms with Crippen LogP contribution in [0.1, 0.15) is 301 Å². The van der Waals surface area contributed by atoms with Gasteiger partial charge in [0, 0.05) is 57.8 Å². The number of nitrogen functional groups attached to an aromatic ring is 1. The summed E-state index contributed by atoms with van der Waals surface area (Å²) in [5.74, 6) is -0.599. The number of anilines is 4. The molecule has 7 atom stereocenters. The van der Waals surface area contributed by atoms with Gasteiger partial charge in [-0.2, -0.15) is 0 Å². The van der Waals surface area contributed by atoms with Crippen molar-refractivity contribution < 1.29 is 42.2 Å². The average molecular weight is 2000 g/mol. The van der Waals surface area contributed by atoms with Crippen LogP contribution in [-0.4, -0.2) is 105 Å². The van der Waals surface area contributed by atoms with Crippen molar-refractivity contribution in [2.24, 2.45) is 5.73 Å². The van der Waals surface area contributed by atoms with Gasteiger partial charge in [-0.3, -0.25) is 24.1 Å². The minimum Gasteiger partial charge on any atom is -0.481 e. The Hall–Kier alpha value is -10.3. The van der Waals surface area contributed by atoms with E-state index in [2.05, 4.69) is 185 Å². The van der Waals surface area contributed by atoms with Gasteiger partial charge in [0.1, 0.15) is 6.29 Å². The summed E-state index contributed by atoms with van der Waals surface area (Å²) in [7, 11) is 3.32. The zero-order valence-electron chi connectivity index (χ0n) is 86.4. The number of carboxylic acids is 1. The van der Waals surface area contributed by atoms with E-state index >= 15 is 0 Å². The molecule has 27 heteroatoms. The number of carbonyl (C=O) groups is 5. The van der Waals surface area contributed by atoms with Crippen LogP contribution in [0.2, 0.25) is 0 Å². The van der Waals surface area contributed by atoms with E-state index in [9.17, 15) is 32.4 Å². The number of hydrogen-bond acceptors (Lipinski definition) is 19. The number of aryl methyl sites for hydroxylation is 8. The van der Waals surface area contributed by atoms with Crippen molar-refractivity contribution in [2.75, 3.05) is 42.9 Å². The van der Waals surface area contributed by atoms with Gasteiger partial charge in [0.25, 0.3) is 0 Å². The fraction of sp³-hybridized carbons (Fsp3) is 0.420. The molecule has 4 aliphatic carbocycles. The maximum atomic E-state index is 13.2. The monoisotopic (exact) mass is 2000 g/mol. The number of nitrogens with one attached hydrogen (secondary N) is 5. The summed E-state index contributed by atoms with van der Waals surface area (Å²) >= 11 is 5.83. The van der Waals surface area contributed by atoms with Crippen LogP contribution in [-0.2, 0) is 72.3 Å². The van der Waals surface area contributed by atoms with Crippen molar-refractivity contribution >= 4 is 118 Å². The zero-order valence-corrected chi connectivity index (χ0v) is 91.3. The number of methoxy groups -OCH3 is 1. The van der Waals surface area contributed by atoms with Crippen LogP contribution in [0.3, 0.4) is 0 Å². The van der Waals surface area contributed by atoms with Crippen molar-refractivity contribution in [3.05, 3.63) is 327 Å². The number of hydrogen-bond donors (Lipinski definition) is 8. The Balaban J connectivity index is 0.000000232. The van der Waals surface area contributed by atoms with E-state index in [-0.39, 0.29) is 52.7 Å². The van der Waals surface area contributed by atoms with Crippen LogP contribution in [0.15, 0.2) is 219 Å². The highest BCUT2D eigenvalue weighted by atomic mass is 32.2. The van der Waals surface area contributed by atoms with E-state index in [1.807, 2.05) is 239 Å². The molecule has 21 nitrogen and oxygen atoms in total. The molecule has 0 spiro atoms. The Morgan fingerprint density at radius 3 is 0.993 bits per heavy atom. The second kappa shape index (κ2) is 54.1. The fourth-order valence-electron chi connectivity index (χ4n) is 14.9. The topological polar surface area (TPSA) is 316 Å². The highest BCUT2D eigenvalue weighted by Gasteiger charge is 2.55. The summed E-state index contributed by atoms with van der Waals surface area (Å²) in [6, 6.07) is 64.5. The largest absolute Gasteiger partial charge is 0.481 e. The summed E-state index contributed by atoms with van der Waals surface area (Å²) in [6.07, 6.45) is 16.4. The van der Waals surface area contributed by atoms with Gasteiger partial charge in [-0.15, -0.1) is 11.3 Å². The molecule has 0 saturated heterocycles. The number of nitrogens with zero attached hydrogens (tertiary/aromatic N) is 5. The number of aldehydes is 1. The standard InChI is InChI=1S/C26H31N3O2S2.C24H27N3OS.C22H23N3OS.C14H19N3OS2.C12H14O2.C6H12O2.4C2H6/c1-17-11-12-20(15-18(17)2)26(13-14-26)23(30)28-24-27-16-21(32-24)22(19-9-7-6-8-10-19)29-33(31)25(3,4)5;1-16-10-11-19(14-17(16)2)24(12-13-24)22(28)26-23-25-15-20(29-23)21(27(3)4)18-8-6-5-7-9-18;1-14-8-9-17(12-15(14)2)22(10-11-22)20(26)25-21-24-13-18(27-21)19(23)16-6-4-3-5-7-16;1-14(2,3)20(18)17-12(10-7-5-4-6-8-10)11-9-16-13(15)19-11;1-8-3-4-10(7-9(8)2)12(5-6-12)11(13)14;1-3-6(8-2)4-5-7;4*1-2/h6-12,15-16,22,29H,13-14H2,1-5H3,(H,27,28,30);5-11,14-15,21H,12-13H2,1-4H3,(H,25,26,28);3-9,12-13,19H,10-11,23H2,1-2H3,(H,24,25,26);4-9,12,17H,1-3H3,(H2,15,16);3-4,7H,5-6H2,1-2H3,(H,13,14);5-6H,3-4H2,1-2H3;4*1-2H3/t22-,33+;21-;19-;12-,20+;;6-;;;;/m1111.0..../s1. The molecule has 0 unspecified atom stereocenters. The number of rotatable bonds is 28. The molecule has 16 rings (SSSR count). The number of benzene rings is 8. The first-order chi connectivity index (χ1) is 66.3. The van der Waals surface area contributed by atoms with Crippen LogP contribution in [0.5, 0.6) is 0 Å². The van der Waals surface area contributed by atoms with Crippen LogP contribution in [0, 0.1) is 55.4 Å². The van der Waals surface area contributed by atoms with E-state index in [1.54, 1.807) is 37.0 Å². The summed E-state index contributed by atoms with van der Waals surface area (Å²) in [6.45, 7) is 46.3. The average Bonchev–Trinajstić information content (AvgIpc) is 1.60. The molecule has 0 aliphatic heterocycles. The molecule has 0 bridgehead atoms. The molecule has 8 aromatic carbocycles. The van der Waals surface area contributed by atoms with E-state index in [1.165, 1.54) is 84.1 Å². The van der Waals surface area contributed by atoms with E-state index in [0.29, 0.717) is 26.9 Å². The minimum absolute atomic E-state index is 0.00542. The lowest BCUT2D eigenvalue weighted by atomic mass is 9.92. The quantitative estimate of drug-likeness (QED) is 0.0211. The van der Waals surface area contributed by atoms with Crippen LogP contribution >= 0.6 is 45.3 Å². The predicted molar refractivity (Wildman–Crippen MR) is 584 cm³/mol. The second-order valence-electron chi connectivity index (χ2n) is 36.5. The van der Waals surface area contributed by atoms with Gasteiger partial charge in [-0.1, -0.05) is 290 Å². The molecule has 4 aliphatic rings. The number of thiazole rings is 4. The number of amides is 3. The molecular formula is C112H150N12O9S6. The van der Waals surface area contributed by atoms with E-state index in [0.717, 1.165) is 123 Å². The second-order valence-corrected chi connectivity index (χ2v) is 44.8. The maximum Gasteiger partial charge on any atom is 0.314 e. The van der Waals surface area contributed by atoms with Gasteiger partial charge in [0.15, 0.2) is 20.5 Å². The summed E-state index contributed by atoms with van der Waals surface area (Å²) in [4.78, 5) is 83.8. The Kier molecular flexibility index (Phi) is 45.0. The van der Waals surface area contributed by atoms with E-state index in [4.69, 9.17) is 21.3 Å². The Morgan fingerprint density at radius 2 is 0.719 bits per heavy atom. The lowest BCUT2D eigenvalue weighted by Gasteiger charge is -2.23. The molecule has 4 fully saturated rings. The van der Waals surface area contributed by atoms with Crippen LogP contribution < -0.4 is 36.9 Å². The highest BCUT2D eigenvalue weighted by Crippen LogP contribution is 2.53. The van der Waals surface area contributed by atoms with Crippen LogP contribution in [0.25, 0.3) is 0 Å². The molecule has 10 N–H and O–H groups in total. The van der Waals surface area contributed by atoms with Gasteiger partial charge < -0.3 is 42.1 Å². The first-order valence-corrected chi connectivity index (χ1v) is 53.9. The smallest absolute Gasteiger partial charge is 0.314 e. The predicted octanol–water partition coefficient (Wildman–Crippen LogP) is 25.5. The highest BCUT2D eigenvalue weighted by molar-refractivity contribution is 7.84. The SMILES string of the molecule is CC.CC.CC.CC.CC(C)(C)[S@](=O)N[C@H](c1ccccc1)c1cnc(N)s1.CC[C@@H](CC=O)OC.Cc1ccc(C2(C(=O)Nc3ncc([C@@H](c4ccccc4)N(C)C)s3)CC2)cc1C.Cc1ccc(C2(C(=O)Nc3ncc([C@H](N)c4ccccc4)s3)CC2)cc1C.Cc1ccc(C2(C(=O)Nc3ncc([C@H](N[S@@](=O)C(C)(C)C)c4ccccc4)s3)CC2)cc1C.Cc1ccc(C2(C(=O)O)CC2)cc1C. The molecule has 4 saturated carbocycles. The van der Waals surface area contributed by atoms with Gasteiger partial charge in [-0.25, -0.2) is 37.8 Å². The zero-order chi connectivity index (χ0) is 103. The fourth-order valence-corrected chi connectivity index (χ4v) is 20.2. The molecular weight excluding hydrogens is 1850 g/mol. The minimum atomic E-state index is -1.26. The number of aromatic nitrogens is 4. The lowest BCUT2D eigenvalue weighted by Crippen LogP contribution is -2.35. The number of nitrogens with two attached hydrogens (primary N) is 2. The maximum absolute atomic E-state index is 13.2. The lowest BCUT2D eigenvalue weighted by molar-refractivity contribution is -0.140. The van der Waals surface area contributed by atoms with Crippen molar-refractivity contribution in [2.45, 2.75) is 285 Å². The normalized spacial score (nSPS) is 15.3. The number of carboxylic acid groups (broad SMARTS) is 1. The Bertz CT molecular complexity index is 5930. The van der Waals surface area contributed by atoms with Gasteiger partial charge >= 0.3 is 5.97 Å². The third kappa shape index (κ3) is 31.6. The van der Waals surface area contributed by atoms with Gasteiger partial charge in [0.05, 0.1) is 83.4 Å². The van der Waals surface area contributed by atoms with E-state index < -0.39 is 54.3 Å². The molecule has 0 radical (unpaired) electrons. The molecule has 12 aromatic rings. The first-order valence-electron chi connectivity index (χ1n) is 48.3. The first kappa shape index (κ1) is 116. The number of aliphatic carboxylic acids is 1. The summed E-state index contributed by atoms with van der Waals surface area (Å²) in [5.41, 5.74) is 28.6. The van der Waals surface area contributed by atoms with Crippen LogP contribution in [0.4, 0.5) is 20.5 Å². The van der Waals surface area contributed by atoms with Crippen molar-refractivity contribution in [1.29, 1.82) is 0 Å². The number of ether oxygens (including phenoxy) is 1. The third-order valence-electron chi connectivity index (χ3n) is 24.6. The molecule has 748 valence electrons. The third-order valence-corrected chi connectivity index (χ3v) is 31.6. The molecule has 139 heavy (non-hydrogen) atoms.